The van der Waals surface area contributed by atoms with Gasteiger partial charge >= 0.3 is 0 Å². The molecule has 0 bridgehead atoms. The Labute approximate surface area is 221 Å². The maximum absolute atomic E-state index is 3.71. The molecule has 1 heterocycles. The van der Waals surface area contributed by atoms with E-state index >= 15 is 0 Å². The van der Waals surface area contributed by atoms with Crippen molar-refractivity contribution in [1.82, 2.24) is 4.98 Å². The van der Waals surface area contributed by atoms with Crippen LogP contribution in [-0.2, 0) is 0 Å². The van der Waals surface area contributed by atoms with Crippen LogP contribution in [0.15, 0.2) is 12.4 Å². The summed E-state index contributed by atoms with van der Waals surface area (Å²) in [4.78, 5) is 3.71. The van der Waals surface area contributed by atoms with Gasteiger partial charge in [-0.25, -0.2) is 9.55 Å². The zero-order valence-electron chi connectivity index (χ0n) is 24.7. The molecule has 0 saturated carbocycles. The van der Waals surface area contributed by atoms with E-state index in [-0.39, 0.29) is 0 Å². The minimum absolute atomic E-state index is 0.623. The standard InChI is InChI=1S/C33H64N2/c1-5-8-11-14-17-20-23-26-31(4)35-30-29-34-33(35)32(27-24-21-18-15-12-9-6-2)28-25-22-19-16-13-10-7-3/h29-32H,5-28H2,1-4H3/p+1. The molecule has 0 aliphatic rings. The second-order valence-electron chi connectivity index (χ2n) is 11.5. The van der Waals surface area contributed by atoms with Gasteiger partial charge in [0, 0.05) is 0 Å². The first-order valence-corrected chi connectivity index (χ1v) is 16.3. The molecule has 2 nitrogen and oxygen atoms in total. The Bertz CT molecular complexity index is 531. The molecule has 0 amide bonds. The van der Waals surface area contributed by atoms with E-state index in [2.05, 4.69) is 49.6 Å². The predicted molar refractivity (Wildman–Crippen MR) is 156 cm³/mol. The number of nitrogens with zero attached hydrogens (tertiary/aromatic N) is 1. The summed E-state index contributed by atoms with van der Waals surface area (Å²) in [5.74, 6) is 2.24. The third-order valence-corrected chi connectivity index (χ3v) is 8.14. The first kappa shape index (κ1) is 32.2. The Morgan fingerprint density at radius 2 is 0.914 bits per heavy atom. The van der Waals surface area contributed by atoms with Gasteiger partial charge in [0.1, 0.15) is 12.4 Å². The van der Waals surface area contributed by atoms with Crippen molar-refractivity contribution in [2.75, 3.05) is 0 Å². The van der Waals surface area contributed by atoms with E-state index in [1.165, 1.54) is 160 Å². The van der Waals surface area contributed by atoms with E-state index in [0.29, 0.717) is 12.0 Å². The van der Waals surface area contributed by atoms with Gasteiger partial charge in [0.15, 0.2) is 0 Å². The fraction of sp³-hybridized carbons (Fsp3) is 0.909. The summed E-state index contributed by atoms with van der Waals surface area (Å²) in [6, 6.07) is 0.623. The molecule has 0 aliphatic heterocycles. The van der Waals surface area contributed by atoms with Crippen molar-refractivity contribution >= 4 is 0 Å². The average Bonchev–Trinajstić information content (AvgIpc) is 3.35. The molecule has 1 atom stereocenters. The lowest BCUT2D eigenvalue weighted by Crippen LogP contribution is -2.41. The minimum Gasteiger partial charge on any atom is -0.247 e. The van der Waals surface area contributed by atoms with E-state index in [0.717, 1.165) is 0 Å². The van der Waals surface area contributed by atoms with Crippen LogP contribution in [0.4, 0.5) is 0 Å². The first-order valence-electron chi connectivity index (χ1n) is 16.3. The molecule has 1 rings (SSSR count). The molecule has 0 aromatic carbocycles. The summed E-state index contributed by atoms with van der Waals surface area (Å²) < 4.78 is 2.62. The summed E-state index contributed by atoms with van der Waals surface area (Å²) in [6.07, 6.45) is 38.3. The van der Waals surface area contributed by atoms with E-state index in [1.54, 1.807) is 0 Å². The van der Waals surface area contributed by atoms with Crippen LogP contribution in [0.1, 0.15) is 200 Å². The third kappa shape index (κ3) is 16.6. The quantitative estimate of drug-likeness (QED) is 0.0985. The molecule has 35 heavy (non-hydrogen) atoms. The van der Waals surface area contributed by atoms with Gasteiger partial charge in [-0.05, 0) is 32.6 Å². The topological polar surface area (TPSA) is 19.7 Å². The number of hydrogen-bond acceptors (Lipinski definition) is 0. The summed E-state index contributed by atoms with van der Waals surface area (Å²) in [6.45, 7) is 9.39. The molecule has 2 heteroatoms. The normalized spacial score (nSPS) is 12.6. The highest BCUT2D eigenvalue weighted by Crippen LogP contribution is 2.27. The second-order valence-corrected chi connectivity index (χ2v) is 11.5. The SMILES string of the molecule is CCCCCCCCCC(CCCCCCCCC)c1[nH]cc[n+]1C(C)CCCCCCCCC. The van der Waals surface area contributed by atoms with Gasteiger partial charge in [0.2, 0.25) is 0 Å². The second kappa shape index (κ2) is 23.6. The molecule has 0 fully saturated rings. The van der Waals surface area contributed by atoms with Crippen LogP contribution in [0.25, 0.3) is 0 Å². The van der Waals surface area contributed by atoms with Gasteiger partial charge < -0.3 is 0 Å². The molecule has 206 valence electrons. The van der Waals surface area contributed by atoms with E-state index in [9.17, 15) is 0 Å². The van der Waals surface area contributed by atoms with Gasteiger partial charge in [0.25, 0.3) is 5.82 Å². The molecular formula is C33H65N2+. The van der Waals surface area contributed by atoms with Crippen molar-refractivity contribution in [3.63, 3.8) is 0 Å². The number of aromatic nitrogens is 2. The van der Waals surface area contributed by atoms with Crippen LogP contribution in [-0.4, -0.2) is 4.98 Å². The molecule has 0 aliphatic carbocycles. The number of nitrogens with one attached hydrogen (secondary N) is 1. The highest BCUT2D eigenvalue weighted by atomic mass is 15.1. The van der Waals surface area contributed by atoms with Gasteiger partial charge in [-0.3, -0.25) is 0 Å². The zero-order valence-corrected chi connectivity index (χ0v) is 24.7. The maximum atomic E-state index is 3.71. The lowest BCUT2D eigenvalue weighted by Gasteiger charge is -2.17. The fourth-order valence-corrected chi connectivity index (χ4v) is 5.72. The van der Waals surface area contributed by atoms with Gasteiger partial charge in [-0.1, -0.05) is 149 Å². The van der Waals surface area contributed by atoms with Gasteiger partial charge in [0.05, 0.1) is 12.0 Å². The Balaban J connectivity index is 2.51. The smallest absolute Gasteiger partial charge is 0.247 e. The monoisotopic (exact) mass is 490 g/mol. The van der Waals surface area contributed by atoms with E-state index < -0.39 is 0 Å². The van der Waals surface area contributed by atoms with Crippen LogP contribution in [0, 0.1) is 0 Å². The van der Waals surface area contributed by atoms with Crippen molar-refractivity contribution in [2.45, 2.75) is 194 Å². The zero-order chi connectivity index (χ0) is 25.4. The van der Waals surface area contributed by atoms with Crippen molar-refractivity contribution in [3.05, 3.63) is 18.2 Å². The van der Waals surface area contributed by atoms with Gasteiger partial charge in [-0.2, -0.15) is 0 Å². The van der Waals surface area contributed by atoms with E-state index in [1.807, 2.05) is 0 Å². The number of rotatable bonds is 26. The lowest BCUT2D eigenvalue weighted by molar-refractivity contribution is -0.727. The molecule has 1 aromatic heterocycles. The molecular weight excluding hydrogens is 424 g/mol. The van der Waals surface area contributed by atoms with Crippen LogP contribution in [0.2, 0.25) is 0 Å². The molecule has 0 saturated heterocycles. The van der Waals surface area contributed by atoms with Crippen LogP contribution in [0.3, 0.4) is 0 Å². The fourth-order valence-electron chi connectivity index (χ4n) is 5.72. The molecule has 1 N–H and O–H groups in total. The molecule has 1 unspecified atom stereocenters. The number of aromatic amines is 1. The lowest BCUT2D eigenvalue weighted by atomic mass is 9.92. The predicted octanol–water partition coefficient (Wildman–Crippen LogP) is 11.4. The summed E-state index contributed by atoms with van der Waals surface area (Å²) in [5.41, 5.74) is 0. The Morgan fingerprint density at radius 3 is 1.34 bits per heavy atom. The molecule has 0 spiro atoms. The molecule has 0 radical (unpaired) electrons. The van der Waals surface area contributed by atoms with Crippen molar-refractivity contribution in [2.24, 2.45) is 0 Å². The highest BCUT2D eigenvalue weighted by molar-refractivity contribution is 4.90. The Morgan fingerprint density at radius 1 is 0.543 bits per heavy atom. The van der Waals surface area contributed by atoms with Crippen molar-refractivity contribution < 1.29 is 4.57 Å². The molecule has 1 aromatic rings. The number of imidazole rings is 1. The maximum Gasteiger partial charge on any atom is 0.257 e. The van der Waals surface area contributed by atoms with Crippen molar-refractivity contribution in [1.29, 1.82) is 0 Å². The van der Waals surface area contributed by atoms with Crippen molar-refractivity contribution in [3.8, 4) is 0 Å². The summed E-state index contributed by atoms with van der Waals surface area (Å²) >= 11 is 0. The Kier molecular flexibility index (Phi) is 21.7. The number of unbranched alkanes of at least 4 members (excludes halogenated alkanes) is 18. The number of H-pyrrole nitrogens is 1. The summed E-state index contributed by atoms with van der Waals surface area (Å²) in [5, 5.41) is 0. The summed E-state index contributed by atoms with van der Waals surface area (Å²) in [7, 11) is 0. The van der Waals surface area contributed by atoms with Crippen LogP contribution >= 0.6 is 0 Å². The largest absolute Gasteiger partial charge is 0.257 e. The van der Waals surface area contributed by atoms with Crippen LogP contribution < -0.4 is 4.57 Å². The average molecular weight is 490 g/mol. The third-order valence-electron chi connectivity index (χ3n) is 8.14. The highest BCUT2D eigenvalue weighted by Gasteiger charge is 2.25. The minimum atomic E-state index is 0.623. The van der Waals surface area contributed by atoms with Crippen LogP contribution in [0.5, 0.6) is 0 Å². The number of hydrogen-bond donors (Lipinski definition) is 1. The van der Waals surface area contributed by atoms with E-state index in [4.69, 9.17) is 0 Å². The first-order chi connectivity index (χ1) is 17.2. The Hall–Kier alpha value is -0.790. The van der Waals surface area contributed by atoms with Gasteiger partial charge in [-0.15, -0.1) is 0 Å².